The van der Waals surface area contributed by atoms with Crippen molar-refractivity contribution in [2.75, 3.05) is 0 Å². The molecule has 0 N–H and O–H groups in total. The number of carbonyl (C=O) groups is 1. The van der Waals surface area contributed by atoms with Gasteiger partial charge in [-0.25, -0.2) is 14.2 Å². The van der Waals surface area contributed by atoms with Gasteiger partial charge in [-0.15, -0.1) is 21.5 Å². The predicted molar refractivity (Wildman–Crippen MR) is 90.4 cm³/mol. The summed E-state index contributed by atoms with van der Waals surface area (Å²) in [6.45, 7) is 3.69. The fraction of sp³-hybridized carbons (Fsp3) is 0.294. The summed E-state index contributed by atoms with van der Waals surface area (Å²) in [6.07, 6.45) is 0.617. The number of hydrogen-bond donors (Lipinski definition) is 0. The van der Waals surface area contributed by atoms with Crippen LogP contribution in [0.3, 0.4) is 0 Å². The van der Waals surface area contributed by atoms with Gasteiger partial charge in [0.25, 0.3) is 5.89 Å². The van der Waals surface area contributed by atoms with Crippen LogP contribution in [0.4, 0.5) is 4.39 Å². The number of thiazole rings is 1. The Morgan fingerprint density at radius 1 is 1.19 bits per heavy atom. The minimum atomic E-state index is -0.510. The van der Waals surface area contributed by atoms with Crippen LogP contribution in [0.1, 0.15) is 39.1 Å². The van der Waals surface area contributed by atoms with E-state index in [0.29, 0.717) is 33.6 Å². The molecule has 1 aromatic carbocycles. The molecule has 0 aliphatic rings. The maximum atomic E-state index is 12.9. The molecule has 0 saturated heterocycles. The maximum absolute atomic E-state index is 12.9. The SMILES string of the molecule is CCc1nnc(COC(=O)c2sc(COc3ccc(F)cc3)nc2C)o1. The summed E-state index contributed by atoms with van der Waals surface area (Å²) in [6, 6.07) is 5.68. The molecule has 0 atom stereocenters. The van der Waals surface area contributed by atoms with Crippen molar-refractivity contribution < 1.29 is 23.1 Å². The zero-order chi connectivity index (χ0) is 18.5. The lowest BCUT2D eigenvalue weighted by Crippen LogP contribution is -2.05. The van der Waals surface area contributed by atoms with E-state index < -0.39 is 5.97 Å². The van der Waals surface area contributed by atoms with Crippen LogP contribution in [0, 0.1) is 12.7 Å². The van der Waals surface area contributed by atoms with Crippen molar-refractivity contribution in [1.29, 1.82) is 0 Å². The largest absolute Gasteiger partial charge is 0.486 e. The number of aromatic nitrogens is 3. The van der Waals surface area contributed by atoms with Crippen LogP contribution in [0.25, 0.3) is 0 Å². The summed E-state index contributed by atoms with van der Waals surface area (Å²) in [4.78, 5) is 16.9. The summed E-state index contributed by atoms with van der Waals surface area (Å²) in [5, 5.41) is 8.22. The maximum Gasteiger partial charge on any atom is 0.350 e. The molecule has 136 valence electrons. The lowest BCUT2D eigenvalue weighted by atomic mass is 10.3. The molecule has 0 amide bonds. The van der Waals surface area contributed by atoms with Crippen LogP contribution >= 0.6 is 11.3 Å². The normalized spacial score (nSPS) is 10.7. The van der Waals surface area contributed by atoms with E-state index in [-0.39, 0.29) is 24.9 Å². The van der Waals surface area contributed by atoms with Gasteiger partial charge in [0.15, 0.2) is 6.61 Å². The van der Waals surface area contributed by atoms with Gasteiger partial charge in [-0.05, 0) is 31.2 Å². The van der Waals surface area contributed by atoms with Crippen molar-refractivity contribution >= 4 is 17.3 Å². The van der Waals surface area contributed by atoms with Crippen LogP contribution in [-0.2, 0) is 24.4 Å². The number of carbonyl (C=O) groups excluding carboxylic acids is 1. The number of nitrogens with zero attached hydrogens (tertiary/aromatic N) is 3. The molecule has 0 saturated carbocycles. The molecule has 0 unspecified atom stereocenters. The molecular weight excluding hydrogens is 361 g/mol. The number of benzene rings is 1. The Balaban J connectivity index is 1.57. The second-order valence-electron chi connectivity index (χ2n) is 5.28. The molecule has 2 aromatic heterocycles. The average molecular weight is 377 g/mol. The number of hydrogen-bond acceptors (Lipinski definition) is 8. The standard InChI is InChI=1S/C17H16FN3O4S/c1-3-13-20-21-14(25-13)8-24-17(22)16-10(2)19-15(26-16)9-23-12-6-4-11(18)5-7-12/h4-7H,3,8-9H2,1-2H3. The van der Waals surface area contributed by atoms with Gasteiger partial charge >= 0.3 is 5.97 Å². The number of aryl methyl sites for hydroxylation is 2. The molecule has 0 spiro atoms. The minimum Gasteiger partial charge on any atom is -0.486 e. The lowest BCUT2D eigenvalue weighted by molar-refractivity contribution is 0.0441. The van der Waals surface area contributed by atoms with Crippen molar-refractivity contribution in [3.63, 3.8) is 0 Å². The van der Waals surface area contributed by atoms with Gasteiger partial charge in [0.05, 0.1) is 5.69 Å². The minimum absolute atomic E-state index is 0.0927. The summed E-state index contributed by atoms with van der Waals surface area (Å²) >= 11 is 1.18. The first-order valence-electron chi connectivity index (χ1n) is 7.88. The summed E-state index contributed by atoms with van der Waals surface area (Å²) < 4.78 is 28.9. The summed E-state index contributed by atoms with van der Waals surface area (Å²) in [5.74, 6) is 0.415. The second kappa shape index (κ2) is 8.05. The van der Waals surface area contributed by atoms with E-state index >= 15 is 0 Å². The molecule has 3 rings (SSSR count). The number of halogens is 1. The Morgan fingerprint density at radius 2 is 1.92 bits per heavy atom. The molecule has 0 fully saturated rings. The molecule has 3 aromatic rings. The van der Waals surface area contributed by atoms with Crippen molar-refractivity contribution in [3.8, 4) is 5.75 Å². The van der Waals surface area contributed by atoms with E-state index in [1.165, 1.54) is 35.6 Å². The van der Waals surface area contributed by atoms with Crippen LogP contribution in [0.15, 0.2) is 28.7 Å². The number of rotatable bonds is 7. The quantitative estimate of drug-likeness (QED) is 0.583. The van der Waals surface area contributed by atoms with Crippen LogP contribution in [-0.4, -0.2) is 21.2 Å². The molecule has 9 heteroatoms. The number of ether oxygens (including phenoxy) is 2. The van der Waals surface area contributed by atoms with E-state index in [9.17, 15) is 9.18 Å². The van der Waals surface area contributed by atoms with Crippen molar-refractivity contribution in [3.05, 3.63) is 57.4 Å². The zero-order valence-corrected chi connectivity index (χ0v) is 15.0. The first-order chi connectivity index (χ1) is 12.5. The molecule has 0 radical (unpaired) electrons. The summed E-state index contributed by atoms with van der Waals surface area (Å²) in [7, 11) is 0. The Hall–Kier alpha value is -2.81. The Bertz CT molecular complexity index is 892. The van der Waals surface area contributed by atoms with Crippen LogP contribution < -0.4 is 4.74 Å². The van der Waals surface area contributed by atoms with Gasteiger partial charge in [-0.2, -0.15) is 0 Å². The fourth-order valence-corrected chi connectivity index (χ4v) is 2.93. The monoisotopic (exact) mass is 377 g/mol. The third-order valence-corrected chi connectivity index (χ3v) is 4.45. The summed E-state index contributed by atoms with van der Waals surface area (Å²) in [5.41, 5.74) is 0.553. The van der Waals surface area contributed by atoms with E-state index in [4.69, 9.17) is 13.9 Å². The molecule has 0 aliphatic heterocycles. The predicted octanol–water partition coefficient (Wildman–Crippen LogP) is 3.47. The molecule has 0 bridgehead atoms. The topological polar surface area (TPSA) is 87.3 Å². The highest BCUT2D eigenvalue weighted by molar-refractivity contribution is 7.13. The first-order valence-corrected chi connectivity index (χ1v) is 8.70. The van der Waals surface area contributed by atoms with Crippen molar-refractivity contribution in [2.45, 2.75) is 33.5 Å². The van der Waals surface area contributed by atoms with E-state index in [1.807, 2.05) is 6.92 Å². The Kier molecular flexibility index (Phi) is 5.57. The zero-order valence-electron chi connectivity index (χ0n) is 14.2. The van der Waals surface area contributed by atoms with E-state index in [2.05, 4.69) is 15.2 Å². The molecule has 0 aliphatic carbocycles. The first kappa shape index (κ1) is 18.0. The van der Waals surface area contributed by atoms with Crippen LogP contribution in [0.5, 0.6) is 5.75 Å². The van der Waals surface area contributed by atoms with Gasteiger partial charge in [-0.1, -0.05) is 6.92 Å². The van der Waals surface area contributed by atoms with Gasteiger partial charge < -0.3 is 13.9 Å². The fourth-order valence-electron chi connectivity index (χ4n) is 2.06. The molecule has 26 heavy (non-hydrogen) atoms. The molecular formula is C17H16FN3O4S. The lowest BCUT2D eigenvalue weighted by Gasteiger charge is -2.03. The molecule has 2 heterocycles. The van der Waals surface area contributed by atoms with Gasteiger partial charge in [0.1, 0.15) is 28.1 Å². The highest BCUT2D eigenvalue weighted by atomic mass is 32.1. The highest BCUT2D eigenvalue weighted by Gasteiger charge is 2.18. The smallest absolute Gasteiger partial charge is 0.350 e. The molecule has 7 nitrogen and oxygen atoms in total. The third kappa shape index (κ3) is 4.42. The van der Waals surface area contributed by atoms with E-state index in [0.717, 1.165) is 0 Å². The number of esters is 1. The van der Waals surface area contributed by atoms with E-state index in [1.54, 1.807) is 6.92 Å². The average Bonchev–Trinajstić information content (AvgIpc) is 3.25. The van der Waals surface area contributed by atoms with Crippen LogP contribution in [0.2, 0.25) is 0 Å². The second-order valence-corrected chi connectivity index (χ2v) is 6.37. The highest BCUT2D eigenvalue weighted by Crippen LogP contribution is 2.22. The van der Waals surface area contributed by atoms with Gasteiger partial charge in [0.2, 0.25) is 5.89 Å². The third-order valence-electron chi connectivity index (χ3n) is 3.34. The Morgan fingerprint density at radius 3 is 2.62 bits per heavy atom. The van der Waals surface area contributed by atoms with Crippen molar-refractivity contribution in [2.24, 2.45) is 0 Å². The van der Waals surface area contributed by atoms with Gasteiger partial charge in [0, 0.05) is 6.42 Å². The van der Waals surface area contributed by atoms with Crippen molar-refractivity contribution in [1.82, 2.24) is 15.2 Å². The van der Waals surface area contributed by atoms with Gasteiger partial charge in [-0.3, -0.25) is 0 Å². The Labute approximate surface area is 152 Å².